The maximum Gasteiger partial charge on any atom is 0.341 e. The lowest BCUT2D eigenvalue weighted by atomic mass is 9.95. The van der Waals surface area contributed by atoms with Gasteiger partial charge in [-0.2, -0.15) is 0 Å². The van der Waals surface area contributed by atoms with Gasteiger partial charge in [0.25, 0.3) is 5.91 Å². The van der Waals surface area contributed by atoms with Crippen molar-refractivity contribution in [2.45, 2.75) is 45.6 Å². The van der Waals surface area contributed by atoms with Crippen LogP contribution in [0.3, 0.4) is 0 Å². The van der Waals surface area contributed by atoms with Crippen molar-refractivity contribution in [3.05, 3.63) is 51.9 Å². The molecule has 0 saturated carbocycles. The molecule has 1 aromatic heterocycles. The summed E-state index contributed by atoms with van der Waals surface area (Å²) in [6.45, 7) is 2.92. The van der Waals surface area contributed by atoms with E-state index in [-0.39, 0.29) is 24.5 Å². The molecule has 2 amide bonds. The zero-order valence-electron chi connectivity index (χ0n) is 16.0. The molecule has 0 aliphatic heterocycles. The number of benzene rings is 1. The third kappa shape index (κ3) is 4.78. The number of nitrogens with one attached hydrogen (secondary N) is 2. The molecule has 0 saturated heterocycles. The molecule has 0 bridgehead atoms. The zero-order valence-corrected chi connectivity index (χ0v) is 16.9. The van der Waals surface area contributed by atoms with Gasteiger partial charge in [-0.3, -0.25) is 9.59 Å². The Bertz CT molecular complexity index is 876. The van der Waals surface area contributed by atoms with Crippen LogP contribution in [0.4, 0.5) is 5.00 Å². The van der Waals surface area contributed by atoms with Crippen molar-refractivity contribution in [3.8, 4) is 0 Å². The van der Waals surface area contributed by atoms with Gasteiger partial charge in [0.15, 0.2) is 6.61 Å². The maximum atomic E-state index is 12.7. The minimum atomic E-state index is -0.564. The molecule has 3 rings (SSSR count). The minimum Gasteiger partial charge on any atom is -0.452 e. The highest BCUT2D eigenvalue weighted by molar-refractivity contribution is 7.17. The summed E-state index contributed by atoms with van der Waals surface area (Å²) in [5.41, 5.74) is 2.32. The molecule has 0 radical (unpaired) electrons. The average molecular weight is 401 g/mol. The first-order valence-corrected chi connectivity index (χ1v) is 10.2. The van der Waals surface area contributed by atoms with Crippen molar-refractivity contribution in [2.75, 3.05) is 11.9 Å². The van der Waals surface area contributed by atoms with Crippen LogP contribution in [0, 0.1) is 0 Å². The van der Waals surface area contributed by atoms with Crippen molar-refractivity contribution < 1.29 is 19.1 Å². The Labute approximate surface area is 168 Å². The molecule has 28 heavy (non-hydrogen) atoms. The molecule has 1 atom stereocenters. The van der Waals surface area contributed by atoms with Crippen LogP contribution in [0.1, 0.15) is 59.1 Å². The van der Waals surface area contributed by atoms with Crippen molar-refractivity contribution >= 4 is 34.1 Å². The molecule has 2 N–H and O–H groups in total. The summed E-state index contributed by atoms with van der Waals surface area (Å²) < 4.78 is 5.28. The number of rotatable bonds is 6. The Kier molecular flexibility index (Phi) is 6.46. The Morgan fingerprint density at radius 1 is 1.14 bits per heavy atom. The lowest BCUT2D eigenvalue weighted by Gasteiger charge is -2.15. The van der Waals surface area contributed by atoms with Crippen LogP contribution in [-0.2, 0) is 27.2 Å². The summed E-state index contributed by atoms with van der Waals surface area (Å²) >= 11 is 1.43. The Morgan fingerprint density at radius 3 is 2.57 bits per heavy atom. The first-order chi connectivity index (χ1) is 13.5. The number of carbonyl (C=O) groups excluding carboxylic acids is 3. The zero-order chi connectivity index (χ0) is 20.1. The van der Waals surface area contributed by atoms with Gasteiger partial charge in [0, 0.05) is 11.8 Å². The van der Waals surface area contributed by atoms with Crippen LogP contribution in [-0.4, -0.2) is 24.4 Å². The Balaban J connectivity index is 1.65. The summed E-state index contributed by atoms with van der Waals surface area (Å²) in [5.74, 6) is -1.16. The molecule has 6 nitrogen and oxygen atoms in total. The van der Waals surface area contributed by atoms with Crippen LogP contribution in [0.5, 0.6) is 0 Å². The topological polar surface area (TPSA) is 84.5 Å². The van der Waals surface area contributed by atoms with E-state index in [1.54, 1.807) is 0 Å². The molecule has 1 aromatic carbocycles. The number of amides is 2. The number of hydrogen-bond donors (Lipinski definition) is 2. The van der Waals surface area contributed by atoms with Gasteiger partial charge < -0.3 is 15.4 Å². The Morgan fingerprint density at radius 2 is 1.86 bits per heavy atom. The second-order valence-corrected chi connectivity index (χ2v) is 7.98. The monoisotopic (exact) mass is 400 g/mol. The van der Waals surface area contributed by atoms with Crippen LogP contribution >= 0.6 is 11.3 Å². The van der Waals surface area contributed by atoms with Crippen LogP contribution in [0.15, 0.2) is 30.3 Å². The molecule has 1 aliphatic rings. The normalized spacial score (nSPS) is 13.9. The van der Waals surface area contributed by atoms with Crippen LogP contribution in [0.25, 0.3) is 0 Å². The van der Waals surface area contributed by atoms with Gasteiger partial charge in [-0.25, -0.2) is 4.79 Å². The van der Waals surface area contributed by atoms with Crippen molar-refractivity contribution in [3.63, 3.8) is 0 Å². The molecule has 0 fully saturated rings. The fourth-order valence-electron chi connectivity index (χ4n) is 3.34. The van der Waals surface area contributed by atoms with Gasteiger partial charge in [-0.05, 0) is 43.7 Å². The molecule has 1 heterocycles. The lowest BCUT2D eigenvalue weighted by molar-refractivity contribution is -0.124. The number of hydrogen-bond acceptors (Lipinski definition) is 5. The molecule has 148 valence electrons. The number of thiophene rings is 1. The Hall–Kier alpha value is -2.67. The molecule has 7 heteroatoms. The lowest BCUT2D eigenvalue weighted by Crippen LogP contribution is -2.31. The summed E-state index contributed by atoms with van der Waals surface area (Å²) in [6.07, 6.45) is 3.75. The molecule has 2 aromatic rings. The highest BCUT2D eigenvalue weighted by Gasteiger charge is 2.27. The SMILES string of the molecule is CC(=O)Nc1sc2c(c1C(=O)OCC(=O)N[C@H](C)c1ccccc1)CCCC2. The minimum absolute atomic E-state index is 0.184. The second kappa shape index (κ2) is 9.01. The van der Waals surface area contributed by atoms with E-state index in [9.17, 15) is 14.4 Å². The predicted molar refractivity (Wildman–Crippen MR) is 109 cm³/mol. The van der Waals surface area contributed by atoms with E-state index in [1.807, 2.05) is 37.3 Å². The number of ether oxygens (including phenoxy) is 1. The smallest absolute Gasteiger partial charge is 0.341 e. The van der Waals surface area contributed by atoms with Gasteiger partial charge in [0.2, 0.25) is 5.91 Å². The highest BCUT2D eigenvalue weighted by Crippen LogP contribution is 2.38. The van der Waals surface area contributed by atoms with E-state index in [0.29, 0.717) is 10.6 Å². The quantitative estimate of drug-likeness (QED) is 0.726. The van der Waals surface area contributed by atoms with Crippen LogP contribution in [0.2, 0.25) is 0 Å². The number of esters is 1. The van der Waals surface area contributed by atoms with Crippen molar-refractivity contribution in [2.24, 2.45) is 0 Å². The van der Waals surface area contributed by atoms with Gasteiger partial charge in [-0.15, -0.1) is 11.3 Å². The van der Waals surface area contributed by atoms with E-state index in [1.165, 1.54) is 18.3 Å². The van der Waals surface area contributed by atoms with Gasteiger partial charge in [0.05, 0.1) is 11.6 Å². The predicted octanol–water partition coefficient (Wildman–Crippen LogP) is 3.62. The second-order valence-electron chi connectivity index (χ2n) is 6.87. The van der Waals surface area contributed by atoms with Gasteiger partial charge >= 0.3 is 5.97 Å². The molecule has 1 aliphatic carbocycles. The first-order valence-electron chi connectivity index (χ1n) is 9.39. The fraction of sp³-hybridized carbons (Fsp3) is 0.381. The summed E-state index contributed by atoms with van der Waals surface area (Å²) in [5, 5.41) is 6.07. The third-order valence-corrected chi connectivity index (χ3v) is 5.88. The van der Waals surface area contributed by atoms with E-state index >= 15 is 0 Å². The molecule has 0 unspecified atom stereocenters. The van der Waals surface area contributed by atoms with Gasteiger partial charge in [0.1, 0.15) is 5.00 Å². The molecular weight excluding hydrogens is 376 g/mol. The average Bonchev–Trinajstić information content (AvgIpc) is 3.04. The highest BCUT2D eigenvalue weighted by atomic mass is 32.1. The number of anilines is 1. The largest absolute Gasteiger partial charge is 0.452 e. The van der Waals surface area contributed by atoms with E-state index in [0.717, 1.165) is 41.7 Å². The summed E-state index contributed by atoms with van der Waals surface area (Å²) in [6, 6.07) is 9.38. The standard InChI is InChI=1S/C21H24N2O4S/c1-13(15-8-4-3-5-9-15)22-18(25)12-27-21(26)19-16-10-6-7-11-17(16)28-20(19)23-14(2)24/h3-5,8-9,13H,6-7,10-12H2,1-2H3,(H,22,25)(H,23,24)/t13-/m1/s1. The third-order valence-electron chi connectivity index (χ3n) is 4.68. The number of carbonyl (C=O) groups is 3. The van der Waals surface area contributed by atoms with Gasteiger partial charge in [-0.1, -0.05) is 30.3 Å². The van der Waals surface area contributed by atoms with E-state index in [2.05, 4.69) is 10.6 Å². The van der Waals surface area contributed by atoms with Crippen LogP contribution < -0.4 is 10.6 Å². The summed E-state index contributed by atoms with van der Waals surface area (Å²) in [7, 11) is 0. The van der Waals surface area contributed by atoms with Crippen molar-refractivity contribution in [1.82, 2.24) is 5.32 Å². The molecule has 0 spiro atoms. The summed E-state index contributed by atoms with van der Waals surface area (Å²) in [4.78, 5) is 37.5. The fourth-order valence-corrected chi connectivity index (χ4v) is 4.66. The molecular formula is C21H24N2O4S. The van der Waals surface area contributed by atoms with E-state index in [4.69, 9.17) is 4.74 Å². The van der Waals surface area contributed by atoms with E-state index < -0.39 is 5.97 Å². The number of fused-ring (bicyclic) bond motifs is 1. The van der Waals surface area contributed by atoms with Crippen molar-refractivity contribution in [1.29, 1.82) is 0 Å². The first kappa shape index (κ1) is 20.1. The maximum absolute atomic E-state index is 12.7. The number of aryl methyl sites for hydroxylation is 1.